The van der Waals surface area contributed by atoms with Gasteiger partial charge in [-0.3, -0.25) is 4.99 Å². The lowest BCUT2D eigenvalue weighted by Gasteiger charge is -2.31. The van der Waals surface area contributed by atoms with Gasteiger partial charge in [-0.2, -0.15) is 13.2 Å². The Balaban J connectivity index is 1.85. The summed E-state index contributed by atoms with van der Waals surface area (Å²) in [7, 11) is 1.63. The monoisotopic (exact) mass is 391 g/mol. The molecule has 2 rings (SSSR count). The van der Waals surface area contributed by atoms with Crippen molar-refractivity contribution in [2.75, 3.05) is 7.05 Å². The normalized spacial score (nSPS) is 22.7. The van der Waals surface area contributed by atoms with Gasteiger partial charge in [0.1, 0.15) is 0 Å². The Morgan fingerprint density at radius 3 is 2.57 bits per heavy atom. The fraction of sp³-hybridized carbons (Fsp3) is 0.562. The van der Waals surface area contributed by atoms with Crippen molar-refractivity contribution in [3.05, 3.63) is 34.3 Å². The quantitative estimate of drug-likeness (QED) is 0.597. The molecular weight excluding hydrogens is 371 g/mol. The van der Waals surface area contributed by atoms with Crippen LogP contribution < -0.4 is 10.6 Å². The summed E-state index contributed by atoms with van der Waals surface area (Å²) in [4.78, 5) is 4.11. The lowest BCUT2D eigenvalue weighted by atomic mass is 9.85. The van der Waals surface area contributed by atoms with E-state index in [4.69, 9.17) is 0 Å². The number of benzene rings is 1. The zero-order chi connectivity index (χ0) is 16.9. The van der Waals surface area contributed by atoms with Crippen LogP contribution in [0.3, 0.4) is 0 Å². The standard InChI is InChI=1S/C16H21BrF3N3/c1-21-15(22-10-11-5-7-13(17)8-6-11)23-14-4-2-3-12(9-14)16(18,19)20/h5-8,12,14H,2-4,9-10H2,1H3,(H2,21,22,23). The van der Waals surface area contributed by atoms with E-state index < -0.39 is 12.1 Å². The fourth-order valence-corrected chi connectivity index (χ4v) is 3.06. The second-order valence-corrected chi connectivity index (χ2v) is 6.71. The number of hydrogen-bond acceptors (Lipinski definition) is 1. The van der Waals surface area contributed by atoms with Gasteiger partial charge in [0.05, 0.1) is 5.92 Å². The Kier molecular flexibility index (Phi) is 6.33. The van der Waals surface area contributed by atoms with Crippen molar-refractivity contribution in [2.24, 2.45) is 10.9 Å². The molecule has 2 atom stereocenters. The topological polar surface area (TPSA) is 36.4 Å². The van der Waals surface area contributed by atoms with Gasteiger partial charge in [-0.25, -0.2) is 0 Å². The number of alkyl halides is 3. The molecule has 128 valence electrons. The van der Waals surface area contributed by atoms with E-state index in [1.165, 1.54) is 0 Å². The molecule has 1 aliphatic carbocycles. The van der Waals surface area contributed by atoms with E-state index in [0.717, 1.165) is 16.5 Å². The Morgan fingerprint density at radius 2 is 1.96 bits per heavy atom. The van der Waals surface area contributed by atoms with E-state index in [0.29, 0.717) is 18.9 Å². The Morgan fingerprint density at radius 1 is 1.26 bits per heavy atom. The summed E-state index contributed by atoms with van der Waals surface area (Å²) < 4.78 is 39.6. The van der Waals surface area contributed by atoms with Gasteiger partial charge in [-0.05, 0) is 37.0 Å². The summed E-state index contributed by atoms with van der Waals surface area (Å²) in [5.41, 5.74) is 1.08. The number of guanidine groups is 1. The van der Waals surface area contributed by atoms with Gasteiger partial charge >= 0.3 is 6.18 Å². The molecule has 3 nitrogen and oxygen atoms in total. The average molecular weight is 392 g/mol. The van der Waals surface area contributed by atoms with Crippen LogP contribution in [0.2, 0.25) is 0 Å². The highest BCUT2D eigenvalue weighted by molar-refractivity contribution is 9.10. The van der Waals surface area contributed by atoms with Crippen LogP contribution in [0, 0.1) is 5.92 Å². The van der Waals surface area contributed by atoms with Crippen molar-refractivity contribution in [3.8, 4) is 0 Å². The van der Waals surface area contributed by atoms with Gasteiger partial charge in [-0.1, -0.05) is 34.5 Å². The van der Waals surface area contributed by atoms with Gasteiger partial charge in [0.2, 0.25) is 0 Å². The number of aliphatic imine (C=N–C) groups is 1. The molecule has 0 saturated heterocycles. The highest BCUT2D eigenvalue weighted by Crippen LogP contribution is 2.37. The summed E-state index contributed by atoms with van der Waals surface area (Å²) in [6.45, 7) is 0.572. The molecule has 7 heteroatoms. The van der Waals surface area contributed by atoms with Crippen LogP contribution in [0.5, 0.6) is 0 Å². The van der Waals surface area contributed by atoms with E-state index in [2.05, 4.69) is 31.6 Å². The molecule has 0 radical (unpaired) electrons. The first-order valence-corrected chi connectivity index (χ1v) is 8.46. The molecule has 1 aliphatic rings. The van der Waals surface area contributed by atoms with Crippen LogP contribution in [0.25, 0.3) is 0 Å². The van der Waals surface area contributed by atoms with Crippen molar-refractivity contribution in [3.63, 3.8) is 0 Å². The molecule has 0 spiro atoms. The minimum absolute atomic E-state index is 0.114. The predicted octanol–water partition coefficient (Wildman–Crippen LogP) is 4.24. The Labute approximate surface area is 142 Å². The van der Waals surface area contributed by atoms with Gasteiger partial charge in [-0.15, -0.1) is 0 Å². The molecule has 1 aromatic carbocycles. The minimum atomic E-state index is -4.10. The van der Waals surface area contributed by atoms with Crippen molar-refractivity contribution < 1.29 is 13.2 Å². The molecule has 23 heavy (non-hydrogen) atoms. The summed E-state index contributed by atoms with van der Waals surface area (Å²) >= 11 is 3.38. The molecule has 0 amide bonds. The Bertz CT molecular complexity index is 528. The molecule has 0 bridgehead atoms. The third-order valence-corrected chi connectivity index (χ3v) is 4.60. The maximum atomic E-state index is 12.9. The van der Waals surface area contributed by atoms with Crippen molar-refractivity contribution in [2.45, 2.75) is 44.4 Å². The maximum absolute atomic E-state index is 12.9. The average Bonchev–Trinajstić information content (AvgIpc) is 2.52. The number of hydrogen-bond donors (Lipinski definition) is 2. The molecular formula is C16H21BrF3N3. The minimum Gasteiger partial charge on any atom is -0.354 e. The molecule has 1 fully saturated rings. The van der Waals surface area contributed by atoms with E-state index in [-0.39, 0.29) is 18.9 Å². The second kappa shape index (κ2) is 8.04. The molecule has 0 heterocycles. The summed E-state index contributed by atoms with van der Waals surface area (Å²) in [6, 6.07) is 7.66. The smallest absolute Gasteiger partial charge is 0.354 e. The third-order valence-electron chi connectivity index (χ3n) is 4.07. The molecule has 2 N–H and O–H groups in total. The van der Waals surface area contributed by atoms with Crippen LogP contribution in [0.1, 0.15) is 31.2 Å². The van der Waals surface area contributed by atoms with Crippen molar-refractivity contribution in [1.82, 2.24) is 10.6 Å². The van der Waals surface area contributed by atoms with Crippen LogP contribution >= 0.6 is 15.9 Å². The zero-order valence-corrected chi connectivity index (χ0v) is 14.5. The van der Waals surface area contributed by atoms with E-state index in [1.807, 2.05) is 24.3 Å². The molecule has 2 unspecified atom stereocenters. The third kappa shape index (κ3) is 5.71. The van der Waals surface area contributed by atoms with Gasteiger partial charge < -0.3 is 10.6 Å². The highest BCUT2D eigenvalue weighted by Gasteiger charge is 2.42. The van der Waals surface area contributed by atoms with E-state index in [1.54, 1.807) is 7.05 Å². The SMILES string of the molecule is CN=C(NCc1ccc(Br)cc1)NC1CCCC(C(F)(F)F)C1. The van der Waals surface area contributed by atoms with Crippen LogP contribution in [-0.2, 0) is 6.54 Å². The molecule has 0 aromatic heterocycles. The van der Waals surface area contributed by atoms with Crippen LogP contribution in [0.4, 0.5) is 13.2 Å². The molecule has 0 aliphatic heterocycles. The maximum Gasteiger partial charge on any atom is 0.391 e. The first kappa shape index (κ1) is 18.1. The summed E-state index contributed by atoms with van der Waals surface area (Å²) in [5, 5.41) is 6.27. The lowest BCUT2D eigenvalue weighted by molar-refractivity contribution is -0.183. The number of nitrogens with zero attached hydrogens (tertiary/aromatic N) is 1. The van der Waals surface area contributed by atoms with Crippen LogP contribution in [-0.4, -0.2) is 25.2 Å². The van der Waals surface area contributed by atoms with Crippen molar-refractivity contribution >= 4 is 21.9 Å². The molecule has 1 aromatic rings. The lowest BCUT2D eigenvalue weighted by Crippen LogP contribution is -2.46. The molecule has 1 saturated carbocycles. The van der Waals surface area contributed by atoms with Gasteiger partial charge in [0, 0.05) is 24.1 Å². The first-order chi connectivity index (χ1) is 10.9. The second-order valence-electron chi connectivity index (χ2n) is 5.80. The summed E-state index contributed by atoms with van der Waals surface area (Å²) in [6.07, 6.45) is -2.43. The number of rotatable bonds is 3. The van der Waals surface area contributed by atoms with E-state index >= 15 is 0 Å². The number of nitrogens with one attached hydrogen (secondary N) is 2. The van der Waals surface area contributed by atoms with Gasteiger partial charge in [0.15, 0.2) is 5.96 Å². The Hall–Kier alpha value is -1.24. The van der Waals surface area contributed by atoms with E-state index in [9.17, 15) is 13.2 Å². The first-order valence-electron chi connectivity index (χ1n) is 7.67. The predicted molar refractivity (Wildman–Crippen MR) is 89.3 cm³/mol. The largest absolute Gasteiger partial charge is 0.391 e. The number of halogens is 4. The van der Waals surface area contributed by atoms with Crippen molar-refractivity contribution in [1.29, 1.82) is 0 Å². The van der Waals surface area contributed by atoms with Crippen LogP contribution in [0.15, 0.2) is 33.7 Å². The fourth-order valence-electron chi connectivity index (χ4n) is 2.79. The zero-order valence-electron chi connectivity index (χ0n) is 13.0. The summed E-state index contributed by atoms with van der Waals surface area (Å²) in [5.74, 6) is -0.668. The highest BCUT2D eigenvalue weighted by atomic mass is 79.9. The van der Waals surface area contributed by atoms with Gasteiger partial charge in [0.25, 0.3) is 0 Å².